The van der Waals surface area contributed by atoms with Crippen LogP contribution in [0.2, 0.25) is 0 Å². The van der Waals surface area contributed by atoms with E-state index in [4.69, 9.17) is 4.42 Å². The summed E-state index contributed by atoms with van der Waals surface area (Å²) >= 11 is 0. The monoisotopic (exact) mass is 291 g/mol. The highest BCUT2D eigenvalue weighted by Crippen LogP contribution is 2.24. The summed E-state index contributed by atoms with van der Waals surface area (Å²) in [4.78, 5) is 16.8. The van der Waals surface area contributed by atoms with Gasteiger partial charge in [-0.3, -0.25) is 15.0 Å². The molecule has 0 amide bonds. The molecular formula is C14H17N3O4. The molecule has 1 aromatic carbocycles. The van der Waals surface area contributed by atoms with E-state index in [0.717, 1.165) is 19.5 Å². The standard InChI is InChI=1S/C14H17N3O4/c1-9(18)10-4-5-16(7-10)8-14-15-12-6-11(17(19)20)2-3-13(12)21-14/h2-3,6,9-10,18H,4-5,7-8H2,1H3. The van der Waals surface area contributed by atoms with E-state index in [0.29, 0.717) is 23.5 Å². The molecule has 7 heteroatoms. The molecule has 0 spiro atoms. The summed E-state index contributed by atoms with van der Waals surface area (Å²) in [6.45, 7) is 4.09. The zero-order valence-electron chi connectivity index (χ0n) is 11.7. The van der Waals surface area contributed by atoms with Gasteiger partial charge in [0.05, 0.1) is 17.6 Å². The van der Waals surface area contributed by atoms with E-state index in [9.17, 15) is 15.2 Å². The summed E-state index contributed by atoms with van der Waals surface area (Å²) in [5.74, 6) is 0.840. The second kappa shape index (κ2) is 5.42. The third kappa shape index (κ3) is 2.88. The van der Waals surface area contributed by atoms with Crippen molar-refractivity contribution in [2.75, 3.05) is 13.1 Å². The zero-order valence-corrected chi connectivity index (χ0v) is 11.7. The second-order valence-corrected chi connectivity index (χ2v) is 5.54. The fourth-order valence-corrected chi connectivity index (χ4v) is 2.74. The molecule has 1 aliphatic heterocycles. The smallest absolute Gasteiger partial charge is 0.271 e. The Labute approximate surface area is 121 Å². The summed E-state index contributed by atoms with van der Waals surface area (Å²) in [6.07, 6.45) is 0.657. The third-order valence-electron chi connectivity index (χ3n) is 3.98. The summed E-state index contributed by atoms with van der Waals surface area (Å²) in [6, 6.07) is 4.41. The maximum Gasteiger partial charge on any atom is 0.271 e. The minimum Gasteiger partial charge on any atom is -0.439 e. The molecule has 1 aromatic heterocycles. The molecule has 112 valence electrons. The average Bonchev–Trinajstić information content (AvgIpc) is 3.03. The lowest BCUT2D eigenvalue weighted by Crippen LogP contribution is -2.24. The van der Waals surface area contributed by atoms with Crippen molar-refractivity contribution in [1.82, 2.24) is 9.88 Å². The van der Waals surface area contributed by atoms with Crippen LogP contribution in [0.3, 0.4) is 0 Å². The Balaban J connectivity index is 1.75. The number of aliphatic hydroxyl groups excluding tert-OH is 1. The zero-order chi connectivity index (χ0) is 15.0. The predicted octanol–water partition coefficient (Wildman–Crippen LogP) is 1.94. The van der Waals surface area contributed by atoms with Crippen molar-refractivity contribution in [2.24, 2.45) is 5.92 Å². The number of benzene rings is 1. The van der Waals surface area contributed by atoms with Gasteiger partial charge in [-0.2, -0.15) is 0 Å². The lowest BCUT2D eigenvalue weighted by molar-refractivity contribution is -0.384. The number of fused-ring (bicyclic) bond motifs is 1. The lowest BCUT2D eigenvalue weighted by atomic mass is 10.0. The van der Waals surface area contributed by atoms with Crippen LogP contribution in [0.15, 0.2) is 22.6 Å². The van der Waals surface area contributed by atoms with E-state index in [2.05, 4.69) is 9.88 Å². The van der Waals surface area contributed by atoms with E-state index >= 15 is 0 Å². The highest BCUT2D eigenvalue weighted by molar-refractivity contribution is 5.75. The topological polar surface area (TPSA) is 92.6 Å². The summed E-state index contributed by atoms with van der Waals surface area (Å²) in [5.41, 5.74) is 1.07. The lowest BCUT2D eigenvalue weighted by Gasteiger charge is -2.15. The second-order valence-electron chi connectivity index (χ2n) is 5.54. The van der Waals surface area contributed by atoms with Crippen LogP contribution in [-0.4, -0.2) is 39.1 Å². The maximum atomic E-state index is 10.7. The maximum absolute atomic E-state index is 10.7. The minimum atomic E-state index is -0.443. The molecule has 2 aromatic rings. The first-order chi connectivity index (χ1) is 10.0. The number of hydrogen-bond acceptors (Lipinski definition) is 6. The van der Waals surface area contributed by atoms with Crippen LogP contribution < -0.4 is 0 Å². The van der Waals surface area contributed by atoms with Gasteiger partial charge in [-0.1, -0.05) is 0 Å². The third-order valence-corrected chi connectivity index (χ3v) is 3.98. The van der Waals surface area contributed by atoms with Crippen LogP contribution in [0.4, 0.5) is 5.69 Å². The fraction of sp³-hybridized carbons (Fsp3) is 0.500. The predicted molar refractivity (Wildman–Crippen MR) is 75.7 cm³/mol. The first-order valence-corrected chi connectivity index (χ1v) is 6.97. The summed E-state index contributed by atoms with van der Waals surface area (Å²) in [7, 11) is 0. The van der Waals surface area contributed by atoms with Crippen LogP contribution in [-0.2, 0) is 6.54 Å². The molecule has 1 fully saturated rings. The Kier molecular flexibility index (Phi) is 3.60. The molecule has 0 saturated carbocycles. The van der Waals surface area contributed by atoms with Crippen LogP contribution in [0.25, 0.3) is 11.1 Å². The van der Waals surface area contributed by atoms with Crippen molar-refractivity contribution >= 4 is 16.8 Å². The molecule has 0 bridgehead atoms. The normalized spacial score (nSPS) is 21.0. The number of nitro groups is 1. The molecule has 1 aliphatic rings. The van der Waals surface area contributed by atoms with Gasteiger partial charge in [0.25, 0.3) is 5.69 Å². The van der Waals surface area contributed by atoms with E-state index in [1.807, 2.05) is 6.92 Å². The Morgan fingerprint density at radius 2 is 2.43 bits per heavy atom. The Morgan fingerprint density at radius 1 is 1.62 bits per heavy atom. The first-order valence-electron chi connectivity index (χ1n) is 6.97. The number of aliphatic hydroxyl groups is 1. The molecule has 1 saturated heterocycles. The van der Waals surface area contributed by atoms with Gasteiger partial charge in [-0.15, -0.1) is 0 Å². The SMILES string of the molecule is CC(O)C1CCN(Cc2nc3cc([N+](=O)[O-])ccc3o2)C1. The van der Waals surface area contributed by atoms with Gasteiger partial charge < -0.3 is 9.52 Å². The highest BCUT2D eigenvalue weighted by Gasteiger charge is 2.27. The van der Waals surface area contributed by atoms with E-state index in [1.165, 1.54) is 12.1 Å². The fourth-order valence-electron chi connectivity index (χ4n) is 2.74. The van der Waals surface area contributed by atoms with Crippen LogP contribution in [0, 0.1) is 16.0 Å². The summed E-state index contributed by atoms with van der Waals surface area (Å²) in [5, 5.41) is 20.3. The van der Waals surface area contributed by atoms with Crippen molar-refractivity contribution in [3.8, 4) is 0 Å². The van der Waals surface area contributed by atoms with Gasteiger partial charge in [0.1, 0.15) is 5.52 Å². The largest absolute Gasteiger partial charge is 0.439 e. The van der Waals surface area contributed by atoms with Crippen molar-refractivity contribution in [3.63, 3.8) is 0 Å². The highest BCUT2D eigenvalue weighted by atomic mass is 16.6. The Hall–Kier alpha value is -1.99. The van der Waals surface area contributed by atoms with Crippen molar-refractivity contribution in [3.05, 3.63) is 34.2 Å². The minimum absolute atomic E-state index is 0.0118. The van der Waals surface area contributed by atoms with E-state index in [-0.39, 0.29) is 17.7 Å². The van der Waals surface area contributed by atoms with Gasteiger partial charge in [0, 0.05) is 18.7 Å². The molecule has 2 unspecified atom stereocenters. The Morgan fingerprint density at radius 3 is 3.10 bits per heavy atom. The molecular weight excluding hydrogens is 274 g/mol. The first kappa shape index (κ1) is 14.0. The number of likely N-dealkylation sites (tertiary alicyclic amines) is 1. The van der Waals surface area contributed by atoms with Gasteiger partial charge in [-0.05, 0) is 31.9 Å². The van der Waals surface area contributed by atoms with E-state index < -0.39 is 4.92 Å². The molecule has 21 heavy (non-hydrogen) atoms. The van der Waals surface area contributed by atoms with Crippen molar-refractivity contribution < 1.29 is 14.4 Å². The summed E-state index contributed by atoms with van der Waals surface area (Å²) < 4.78 is 5.62. The number of oxazole rings is 1. The number of nitrogens with zero attached hydrogens (tertiary/aromatic N) is 3. The molecule has 3 rings (SSSR count). The number of rotatable bonds is 4. The molecule has 0 aliphatic carbocycles. The van der Waals surface area contributed by atoms with Crippen LogP contribution >= 0.6 is 0 Å². The van der Waals surface area contributed by atoms with Crippen molar-refractivity contribution in [1.29, 1.82) is 0 Å². The van der Waals surface area contributed by atoms with Crippen molar-refractivity contribution in [2.45, 2.75) is 26.0 Å². The molecule has 2 atom stereocenters. The van der Waals surface area contributed by atoms with Crippen LogP contribution in [0.1, 0.15) is 19.2 Å². The van der Waals surface area contributed by atoms with Gasteiger partial charge in [0.2, 0.25) is 5.89 Å². The van der Waals surface area contributed by atoms with Gasteiger partial charge in [0.15, 0.2) is 5.58 Å². The van der Waals surface area contributed by atoms with Gasteiger partial charge in [-0.25, -0.2) is 4.98 Å². The van der Waals surface area contributed by atoms with Crippen LogP contribution in [0.5, 0.6) is 0 Å². The Bertz CT molecular complexity index is 667. The number of non-ortho nitro benzene ring substituents is 1. The van der Waals surface area contributed by atoms with Gasteiger partial charge >= 0.3 is 0 Å². The molecule has 7 nitrogen and oxygen atoms in total. The molecule has 1 N–H and O–H groups in total. The number of nitro benzene ring substituents is 1. The molecule has 2 heterocycles. The number of aromatic nitrogens is 1. The average molecular weight is 291 g/mol. The number of hydrogen-bond donors (Lipinski definition) is 1. The van der Waals surface area contributed by atoms with E-state index in [1.54, 1.807) is 6.07 Å². The molecule has 0 radical (unpaired) electrons. The quantitative estimate of drug-likeness (QED) is 0.683.